The number of sulfonamides is 1. The van der Waals surface area contributed by atoms with E-state index in [1.807, 2.05) is 24.3 Å². The molecule has 2 aromatic rings. The smallest absolute Gasteiger partial charge is 0.243 e. The number of anilines is 2. The van der Waals surface area contributed by atoms with Crippen molar-refractivity contribution in [3.8, 4) is 0 Å². The molecule has 0 atom stereocenters. The Morgan fingerprint density at radius 2 is 1.81 bits per heavy atom. The molecule has 0 aromatic heterocycles. The zero-order chi connectivity index (χ0) is 22.5. The number of thioether (sulfide) groups is 1. The monoisotopic (exact) mass is 488 g/mol. The lowest BCUT2D eigenvalue weighted by atomic mass is 10.2. The second-order valence-corrected chi connectivity index (χ2v) is 11.3. The van der Waals surface area contributed by atoms with E-state index >= 15 is 0 Å². The summed E-state index contributed by atoms with van der Waals surface area (Å²) in [4.78, 5) is 15.2. The van der Waals surface area contributed by atoms with Crippen LogP contribution in [0.5, 0.6) is 0 Å². The average molecular weight is 489 g/mol. The second kappa shape index (κ2) is 8.22. The van der Waals surface area contributed by atoms with Crippen LogP contribution in [0.2, 0.25) is 5.02 Å². The topological polar surface area (TPSA) is 93.6 Å². The molecule has 3 heterocycles. The highest BCUT2D eigenvalue weighted by molar-refractivity contribution is 8.03. The SMILES string of the molecule is N=C1/C(=C2\Nc3ccccc3S2)CC(=O)N1c1ccc(S(=O)(=O)N2CCCCC2)cc1Cl. The molecule has 2 N–H and O–H groups in total. The molecule has 166 valence electrons. The largest absolute Gasteiger partial charge is 0.349 e. The number of para-hydroxylation sites is 1. The van der Waals surface area contributed by atoms with E-state index in [-0.39, 0.29) is 28.1 Å². The first-order valence-corrected chi connectivity index (χ1v) is 13.0. The van der Waals surface area contributed by atoms with Gasteiger partial charge in [0.05, 0.1) is 32.7 Å². The zero-order valence-electron chi connectivity index (χ0n) is 17.1. The molecule has 1 amide bonds. The summed E-state index contributed by atoms with van der Waals surface area (Å²) in [5.41, 5.74) is 1.86. The number of hydrogen-bond acceptors (Lipinski definition) is 6. The van der Waals surface area contributed by atoms with Crippen molar-refractivity contribution in [1.82, 2.24) is 4.31 Å². The summed E-state index contributed by atoms with van der Waals surface area (Å²) < 4.78 is 27.4. The molecule has 2 aromatic carbocycles. The van der Waals surface area contributed by atoms with Crippen molar-refractivity contribution in [2.75, 3.05) is 23.3 Å². The number of benzene rings is 2. The van der Waals surface area contributed by atoms with Crippen LogP contribution in [-0.2, 0) is 14.8 Å². The van der Waals surface area contributed by atoms with E-state index in [9.17, 15) is 13.2 Å². The Morgan fingerprint density at radius 3 is 2.53 bits per heavy atom. The number of hydrogen-bond donors (Lipinski definition) is 2. The van der Waals surface area contributed by atoms with Gasteiger partial charge in [0.1, 0.15) is 5.84 Å². The molecule has 0 spiro atoms. The fourth-order valence-corrected chi connectivity index (χ4v) is 7.08. The maximum absolute atomic E-state index is 13.0. The van der Waals surface area contributed by atoms with E-state index in [0.29, 0.717) is 24.4 Å². The summed E-state index contributed by atoms with van der Waals surface area (Å²) in [7, 11) is -3.64. The molecule has 0 aliphatic carbocycles. The molecular formula is C22H21ClN4O3S2. The van der Waals surface area contributed by atoms with Gasteiger partial charge < -0.3 is 5.32 Å². The summed E-state index contributed by atoms with van der Waals surface area (Å²) in [5.74, 6) is -0.226. The van der Waals surface area contributed by atoms with Crippen molar-refractivity contribution < 1.29 is 13.2 Å². The molecule has 0 saturated carbocycles. The molecule has 5 rings (SSSR count). The molecule has 2 saturated heterocycles. The van der Waals surface area contributed by atoms with E-state index < -0.39 is 10.0 Å². The van der Waals surface area contributed by atoms with E-state index in [4.69, 9.17) is 17.0 Å². The normalized spacial score (nSPS) is 21.7. The molecule has 0 radical (unpaired) electrons. The number of halogens is 1. The predicted octanol–water partition coefficient (Wildman–Crippen LogP) is 4.66. The number of amidine groups is 1. The van der Waals surface area contributed by atoms with Gasteiger partial charge in [-0.3, -0.25) is 15.1 Å². The van der Waals surface area contributed by atoms with Crippen molar-refractivity contribution in [3.05, 3.63) is 58.1 Å². The summed E-state index contributed by atoms with van der Waals surface area (Å²) in [6.07, 6.45) is 2.79. The van der Waals surface area contributed by atoms with Crippen molar-refractivity contribution in [2.45, 2.75) is 35.5 Å². The molecule has 7 nitrogen and oxygen atoms in total. The minimum atomic E-state index is -3.64. The highest BCUT2D eigenvalue weighted by Gasteiger charge is 2.37. The number of carbonyl (C=O) groups excluding carboxylic acids is 1. The van der Waals surface area contributed by atoms with Crippen LogP contribution in [0.15, 0.2) is 62.9 Å². The molecule has 10 heteroatoms. The second-order valence-electron chi connectivity index (χ2n) is 7.86. The Kier molecular flexibility index (Phi) is 5.53. The van der Waals surface area contributed by atoms with Crippen molar-refractivity contribution in [2.24, 2.45) is 0 Å². The summed E-state index contributed by atoms with van der Waals surface area (Å²) in [5, 5.41) is 12.8. The van der Waals surface area contributed by atoms with E-state index in [1.165, 1.54) is 39.2 Å². The van der Waals surface area contributed by atoms with Gasteiger partial charge in [-0.1, -0.05) is 41.9 Å². The minimum Gasteiger partial charge on any atom is -0.349 e. The first kappa shape index (κ1) is 21.5. The van der Waals surface area contributed by atoms with Gasteiger partial charge in [-0.25, -0.2) is 8.42 Å². The third kappa shape index (κ3) is 3.63. The van der Waals surface area contributed by atoms with Gasteiger partial charge >= 0.3 is 0 Å². The number of nitrogens with zero attached hydrogens (tertiary/aromatic N) is 2. The van der Waals surface area contributed by atoms with Gasteiger partial charge in [0.2, 0.25) is 15.9 Å². The maximum Gasteiger partial charge on any atom is 0.243 e. The number of amides is 1. The quantitative estimate of drug-likeness (QED) is 0.655. The highest BCUT2D eigenvalue weighted by Crippen LogP contribution is 2.45. The molecular weight excluding hydrogens is 468 g/mol. The summed E-state index contributed by atoms with van der Waals surface area (Å²) >= 11 is 7.95. The first-order valence-electron chi connectivity index (χ1n) is 10.3. The zero-order valence-corrected chi connectivity index (χ0v) is 19.5. The molecule has 0 unspecified atom stereocenters. The lowest BCUT2D eigenvalue weighted by Crippen LogP contribution is -2.35. The lowest BCUT2D eigenvalue weighted by Gasteiger charge is -2.26. The molecule has 2 fully saturated rings. The summed E-state index contributed by atoms with van der Waals surface area (Å²) in [6.45, 7) is 1.00. The number of piperidine rings is 1. The van der Waals surface area contributed by atoms with E-state index in [1.54, 1.807) is 0 Å². The molecule has 3 aliphatic heterocycles. The fraction of sp³-hybridized carbons (Fsp3) is 0.273. The van der Waals surface area contributed by atoms with Crippen LogP contribution < -0.4 is 10.2 Å². The molecule has 3 aliphatic rings. The number of nitrogens with one attached hydrogen (secondary N) is 2. The Balaban J connectivity index is 1.44. The van der Waals surface area contributed by atoms with Gasteiger partial charge in [0.25, 0.3) is 0 Å². The van der Waals surface area contributed by atoms with Crippen molar-refractivity contribution in [1.29, 1.82) is 5.41 Å². The van der Waals surface area contributed by atoms with E-state index in [2.05, 4.69) is 5.32 Å². The minimum absolute atomic E-state index is 0.0475. The number of carbonyl (C=O) groups is 1. The Morgan fingerprint density at radius 1 is 1.06 bits per heavy atom. The lowest BCUT2D eigenvalue weighted by molar-refractivity contribution is -0.116. The number of fused-ring (bicyclic) bond motifs is 1. The van der Waals surface area contributed by atoms with Gasteiger partial charge in [-0.05, 0) is 43.2 Å². The van der Waals surface area contributed by atoms with Gasteiger partial charge in [-0.15, -0.1) is 0 Å². The summed E-state index contributed by atoms with van der Waals surface area (Å²) in [6, 6.07) is 12.2. The third-order valence-corrected chi connectivity index (χ3v) is 9.15. The van der Waals surface area contributed by atoms with Crippen molar-refractivity contribution >= 4 is 56.5 Å². The molecule has 0 bridgehead atoms. The Labute approximate surface area is 196 Å². The average Bonchev–Trinajstić information content (AvgIpc) is 3.35. The fourth-order valence-electron chi connectivity index (χ4n) is 4.15. The number of rotatable bonds is 3. The van der Waals surface area contributed by atoms with Crippen LogP contribution in [0.25, 0.3) is 0 Å². The standard InChI is InChI=1S/C22H21ClN4O3S2/c23-16-12-14(32(29,30)26-10-4-1-5-11-26)8-9-18(16)27-20(28)13-15(21(27)24)22-25-17-6-2-3-7-19(17)31-22/h2-3,6-9,12,24-25H,1,4-5,10-11,13H2/b22-15+,24-21?. The Bertz CT molecular complexity index is 1240. The third-order valence-electron chi connectivity index (χ3n) is 5.82. The van der Waals surface area contributed by atoms with Gasteiger partial charge in [-0.2, -0.15) is 4.31 Å². The van der Waals surface area contributed by atoms with Crippen LogP contribution in [0.4, 0.5) is 11.4 Å². The van der Waals surface area contributed by atoms with Gasteiger partial charge in [0, 0.05) is 23.6 Å². The van der Waals surface area contributed by atoms with Crippen LogP contribution in [0, 0.1) is 5.41 Å². The molecule has 32 heavy (non-hydrogen) atoms. The van der Waals surface area contributed by atoms with Crippen LogP contribution in [-0.4, -0.2) is 37.6 Å². The maximum atomic E-state index is 13.0. The first-order chi connectivity index (χ1) is 15.4. The Hall–Kier alpha value is -2.33. The van der Waals surface area contributed by atoms with E-state index in [0.717, 1.165) is 34.9 Å². The van der Waals surface area contributed by atoms with Crippen LogP contribution >= 0.6 is 23.4 Å². The highest BCUT2D eigenvalue weighted by atomic mass is 35.5. The van der Waals surface area contributed by atoms with Crippen LogP contribution in [0.1, 0.15) is 25.7 Å². The predicted molar refractivity (Wildman–Crippen MR) is 127 cm³/mol. The van der Waals surface area contributed by atoms with Gasteiger partial charge in [0.15, 0.2) is 0 Å². The van der Waals surface area contributed by atoms with Crippen molar-refractivity contribution in [3.63, 3.8) is 0 Å². The van der Waals surface area contributed by atoms with Crippen LogP contribution in [0.3, 0.4) is 0 Å².